The number of nitro groups is 1. The van der Waals surface area contributed by atoms with E-state index in [9.17, 15) is 18.5 Å². The first-order valence-electron chi connectivity index (χ1n) is 5.08. The van der Waals surface area contributed by atoms with E-state index in [0.717, 1.165) is 6.07 Å². The Labute approximate surface area is 104 Å². The van der Waals surface area contributed by atoms with Crippen LogP contribution in [0.1, 0.15) is 12.5 Å². The molecule has 1 aromatic rings. The van der Waals surface area contributed by atoms with Crippen molar-refractivity contribution in [3.63, 3.8) is 0 Å². The average Bonchev–Trinajstić information content (AvgIpc) is 2.27. The van der Waals surface area contributed by atoms with Gasteiger partial charge in [-0.1, -0.05) is 6.92 Å². The number of nitro benzene ring substituents is 1. The number of nitrogen functional groups attached to an aromatic ring is 1. The van der Waals surface area contributed by atoms with Gasteiger partial charge in [-0.2, -0.15) is 0 Å². The second-order valence-corrected chi connectivity index (χ2v) is 5.27. The van der Waals surface area contributed by atoms with Crippen molar-refractivity contribution in [3.05, 3.63) is 27.8 Å². The first-order valence-corrected chi connectivity index (χ1v) is 6.57. The first kappa shape index (κ1) is 14.4. The summed E-state index contributed by atoms with van der Waals surface area (Å²) in [4.78, 5) is 10.00. The molecule has 0 bridgehead atoms. The lowest BCUT2D eigenvalue weighted by Crippen LogP contribution is -2.24. The molecule has 9 heteroatoms. The molecule has 100 valence electrons. The predicted octanol–water partition coefficient (Wildman–Crippen LogP) is 0.487. The summed E-state index contributed by atoms with van der Waals surface area (Å²) < 4.78 is 26.0. The molecule has 0 saturated heterocycles. The van der Waals surface area contributed by atoms with Gasteiger partial charge in [-0.3, -0.25) is 16.0 Å². The Morgan fingerprint density at radius 3 is 2.50 bits per heavy atom. The number of hydrogen-bond donors (Lipinski definition) is 3. The normalized spacial score (nSPS) is 11.3. The number of nitrogens with zero attached hydrogens (tertiary/aromatic N) is 1. The SMILES string of the molecule is CCNS(=O)(=O)c1cc([N+](=O)[O-])c(NN)cc1C. The molecule has 0 radical (unpaired) electrons. The van der Waals surface area contributed by atoms with Crippen LogP contribution in [-0.2, 0) is 10.0 Å². The van der Waals surface area contributed by atoms with Crippen molar-refractivity contribution in [2.75, 3.05) is 12.0 Å². The summed E-state index contributed by atoms with van der Waals surface area (Å²) in [5.74, 6) is 5.16. The molecule has 0 atom stereocenters. The molecule has 0 spiro atoms. The van der Waals surface area contributed by atoms with E-state index in [-0.39, 0.29) is 22.8 Å². The molecule has 0 aliphatic carbocycles. The van der Waals surface area contributed by atoms with Gasteiger partial charge in [0.2, 0.25) is 10.0 Å². The molecule has 0 fully saturated rings. The highest BCUT2D eigenvalue weighted by Crippen LogP contribution is 2.29. The van der Waals surface area contributed by atoms with E-state index in [1.165, 1.54) is 13.0 Å². The van der Waals surface area contributed by atoms with Crippen LogP contribution < -0.4 is 16.0 Å². The van der Waals surface area contributed by atoms with Crippen LogP contribution in [0.15, 0.2) is 17.0 Å². The maximum atomic E-state index is 11.8. The van der Waals surface area contributed by atoms with Gasteiger partial charge in [0, 0.05) is 12.6 Å². The van der Waals surface area contributed by atoms with Gasteiger partial charge in [0.1, 0.15) is 5.69 Å². The highest BCUT2D eigenvalue weighted by Gasteiger charge is 2.23. The fraction of sp³-hybridized carbons (Fsp3) is 0.333. The molecular formula is C9H14N4O4S. The van der Waals surface area contributed by atoms with E-state index in [4.69, 9.17) is 5.84 Å². The summed E-state index contributed by atoms with van der Waals surface area (Å²) >= 11 is 0. The van der Waals surface area contributed by atoms with Crippen LogP contribution in [0.25, 0.3) is 0 Å². The maximum absolute atomic E-state index is 11.8. The van der Waals surface area contributed by atoms with E-state index in [0.29, 0.717) is 5.56 Å². The van der Waals surface area contributed by atoms with Gasteiger partial charge in [0.15, 0.2) is 0 Å². The molecule has 8 nitrogen and oxygen atoms in total. The summed E-state index contributed by atoms with van der Waals surface area (Å²) in [7, 11) is -3.75. The van der Waals surface area contributed by atoms with Crippen molar-refractivity contribution in [2.24, 2.45) is 5.84 Å². The van der Waals surface area contributed by atoms with Crippen LogP contribution in [0, 0.1) is 17.0 Å². The molecule has 1 rings (SSSR count). The van der Waals surface area contributed by atoms with Crippen molar-refractivity contribution in [1.29, 1.82) is 0 Å². The Bertz CT molecular complexity index is 570. The molecule has 0 aliphatic heterocycles. The third-order valence-electron chi connectivity index (χ3n) is 2.27. The van der Waals surface area contributed by atoms with Crippen LogP contribution in [0.2, 0.25) is 0 Å². The zero-order valence-corrected chi connectivity index (χ0v) is 10.7. The highest BCUT2D eigenvalue weighted by molar-refractivity contribution is 7.89. The van der Waals surface area contributed by atoms with Crippen LogP contribution in [-0.4, -0.2) is 19.9 Å². The van der Waals surface area contributed by atoms with Gasteiger partial charge in [0.25, 0.3) is 5.69 Å². The Hall–Kier alpha value is -1.71. The number of rotatable bonds is 5. The summed E-state index contributed by atoms with van der Waals surface area (Å²) in [6.07, 6.45) is 0. The minimum absolute atomic E-state index is 0.0629. The van der Waals surface area contributed by atoms with Gasteiger partial charge in [0.05, 0.1) is 9.82 Å². The number of hydrazine groups is 1. The number of benzene rings is 1. The van der Waals surface area contributed by atoms with Gasteiger partial charge >= 0.3 is 0 Å². The molecule has 1 aromatic carbocycles. The fourth-order valence-electron chi connectivity index (χ4n) is 1.50. The van der Waals surface area contributed by atoms with Gasteiger partial charge < -0.3 is 5.43 Å². The third-order valence-corrected chi connectivity index (χ3v) is 3.96. The average molecular weight is 274 g/mol. The predicted molar refractivity (Wildman–Crippen MR) is 66.5 cm³/mol. The van der Waals surface area contributed by atoms with Crippen LogP contribution in [0.5, 0.6) is 0 Å². The van der Waals surface area contributed by atoms with Gasteiger partial charge in [-0.25, -0.2) is 13.1 Å². The second-order valence-electron chi connectivity index (χ2n) is 3.54. The molecule has 18 heavy (non-hydrogen) atoms. The first-order chi connectivity index (χ1) is 8.33. The van der Waals surface area contributed by atoms with E-state index >= 15 is 0 Å². The molecule has 0 aromatic heterocycles. The maximum Gasteiger partial charge on any atom is 0.295 e. The third kappa shape index (κ3) is 2.75. The van der Waals surface area contributed by atoms with Crippen molar-refractivity contribution in [3.8, 4) is 0 Å². The van der Waals surface area contributed by atoms with Crippen LogP contribution >= 0.6 is 0 Å². The largest absolute Gasteiger partial charge is 0.318 e. The number of hydrogen-bond acceptors (Lipinski definition) is 6. The zero-order chi connectivity index (χ0) is 13.9. The Morgan fingerprint density at radius 1 is 1.44 bits per heavy atom. The molecule has 0 amide bonds. The van der Waals surface area contributed by atoms with E-state index in [2.05, 4.69) is 10.1 Å². The van der Waals surface area contributed by atoms with Crippen molar-refractivity contribution < 1.29 is 13.3 Å². The minimum Gasteiger partial charge on any atom is -0.318 e. The molecule has 0 heterocycles. The Kier molecular flexibility index (Phi) is 4.22. The molecule has 0 aliphatic rings. The lowest BCUT2D eigenvalue weighted by atomic mass is 10.2. The summed E-state index contributed by atoms with van der Waals surface area (Å²) in [5.41, 5.74) is 2.22. The number of nitrogens with one attached hydrogen (secondary N) is 2. The Morgan fingerprint density at radius 2 is 2.06 bits per heavy atom. The Balaban J connectivity index is 3.48. The summed E-state index contributed by atoms with van der Waals surface area (Å²) in [6, 6.07) is 2.31. The quantitative estimate of drug-likeness (QED) is 0.407. The van der Waals surface area contributed by atoms with Crippen molar-refractivity contribution in [2.45, 2.75) is 18.7 Å². The van der Waals surface area contributed by atoms with Crippen LogP contribution in [0.4, 0.5) is 11.4 Å². The number of aryl methyl sites for hydroxylation is 1. The van der Waals surface area contributed by atoms with E-state index in [1.54, 1.807) is 6.92 Å². The van der Waals surface area contributed by atoms with E-state index < -0.39 is 14.9 Å². The van der Waals surface area contributed by atoms with Gasteiger partial charge in [-0.15, -0.1) is 0 Å². The lowest BCUT2D eigenvalue weighted by molar-refractivity contribution is -0.384. The summed E-state index contributed by atoms with van der Waals surface area (Å²) in [5, 5.41) is 10.8. The highest BCUT2D eigenvalue weighted by atomic mass is 32.2. The number of nitrogens with two attached hydrogens (primary N) is 1. The zero-order valence-electron chi connectivity index (χ0n) is 9.93. The lowest BCUT2D eigenvalue weighted by Gasteiger charge is -2.10. The number of anilines is 1. The standard InChI is InChI=1S/C9H14N4O4S/c1-3-11-18(16,17)9-5-8(13(14)15)7(12-10)4-6(9)2/h4-5,11-12H,3,10H2,1-2H3. The van der Waals surface area contributed by atoms with E-state index in [1.807, 2.05) is 0 Å². The van der Waals surface area contributed by atoms with Crippen LogP contribution in [0.3, 0.4) is 0 Å². The van der Waals surface area contributed by atoms with Crippen molar-refractivity contribution >= 4 is 21.4 Å². The van der Waals surface area contributed by atoms with Gasteiger partial charge in [-0.05, 0) is 18.6 Å². The fourth-order valence-corrected chi connectivity index (χ4v) is 2.79. The minimum atomic E-state index is -3.75. The molecular weight excluding hydrogens is 260 g/mol. The second kappa shape index (κ2) is 5.29. The molecule has 0 saturated carbocycles. The molecule has 4 N–H and O–H groups in total. The summed E-state index contributed by atoms with van der Waals surface area (Å²) in [6.45, 7) is 3.36. The topological polar surface area (TPSA) is 127 Å². The molecule has 0 unspecified atom stereocenters. The van der Waals surface area contributed by atoms with Crippen molar-refractivity contribution in [1.82, 2.24) is 4.72 Å². The number of sulfonamides is 1. The monoisotopic (exact) mass is 274 g/mol. The smallest absolute Gasteiger partial charge is 0.295 e.